The lowest BCUT2D eigenvalue weighted by molar-refractivity contribution is -0.137. The van der Waals surface area contributed by atoms with Gasteiger partial charge >= 0.3 is 6.18 Å². The summed E-state index contributed by atoms with van der Waals surface area (Å²) >= 11 is 0. The number of fused-ring (bicyclic) bond motifs is 1. The highest BCUT2D eigenvalue weighted by Gasteiger charge is 2.36. The Hall–Kier alpha value is -4.68. The fourth-order valence-electron chi connectivity index (χ4n) is 4.66. The lowest BCUT2D eigenvalue weighted by Crippen LogP contribution is -2.35. The molecule has 13 heteroatoms. The molecule has 0 radical (unpaired) electrons. The highest BCUT2D eigenvalue weighted by molar-refractivity contribution is 6.04. The van der Waals surface area contributed by atoms with Crippen LogP contribution in [0.15, 0.2) is 53.3 Å². The van der Waals surface area contributed by atoms with E-state index in [1.54, 1.807) is 25.1 Å². The summed E-state index contributed by atoms with van der Waals surface area (Å²) in [6.07, 6.45) is -4.71. The Bertz CT molecular complexity index is 1540. The minimum atomic E-state index is -4.55. The second-order valence-electron chi connectivity index (χ2n) is 9.42. The van der Waals surface area contributed by atoms with E-state index in [0.717, 1.165) is 12.1 Å². The van der Waals surface area contributed by atoms with Crippen molar-refractivity contribution < 1.29 is 27.6 Å². The van der Waals surface area contributed by atoms with Crippen LogP contribution >= 0.6 is 0 Å². The summed E-state index contributed by atoms with van der Waals surface area (Å²) in [7, 11) is 1.45. The van der Waals surface area contributed by atoms with Crippen LogP contribution in [0.3, 0.4) is 0 Å². The van der Waals surface area contributed by atoms with Crippen LogP contribution < -0.4 is 27.2 Å². The Balaban J connectivity index is 1.70. The number of nitrogens with one attached hydrogen (secondary N) is 3. The average Bonchev–Trinajstić information content (AvgIpc) is 3.24. The van der Waals surface area contributed by atoms with Gasteiger partial charge in [0.05, 0.1) is 28.9 Å². The molecule has 2 unspecified atom stereocenters. The first-order valence-corrected chi connectivity index (χ1v) is 12.4. The molecule has 10 nitrogen and oxygen atoms in total. The SMILES string of the molecule is CNC(=O)c1ccccc1NC(=O)Cc1nc2n(c(=O)c1NCc1cccc(C(F)(F)F)c1)C(C(N)=O)CC2C. The zero-order chi connectivity index (χ0) is 29.2. The second kappa shape index (κ2) is 11.2. The van der Waals surface area contributed by atoms with Crippen LogP contribution in [0.2, 0.25) is 0 Å². The number of benzene rings is 2. The molecular weight excluding hydrogens is 529 g/mol. The van der Waals surface area contributed by atoms with Crippen LogP contribution in [0.1, 0.15) is 58.3 Å². The molecule has 1 aromatic heterocycles. The largest absolute Gasteiger partial charge is 0.416 e. The Morgan fingerprint density at radius 2 is 1.85 bits per heavy atom. The number of carbonyl (C=O) groups is 3. The summed E-state index contributed by atoms with van der Waals surface area (Å²) in [4.78, 5) is 55.5. The van der Waals surface area contributed by atoms with E-state index in [1.807, 2.05) is 0 Å². The van der Waals surface area contributed by atoms with E-state index in [-0.39, 0.29) is 52.9 Å². The van der Waals surface area contributed by atoms with E-state index in [1.165, 1.54) is 29.8 Å². The molecule has 3 aromatic rings. The average molecular weight is 557 g/mol. The minimum absolute atomic E-state index is 0.0371. The van der Waals surface area contributed by atoms with Crippen LogP contribution in [0.4, 0.5) is 24.5 Å². The van der Waals surface area contributed by atoms with Gasteiger partial charge < -0.3 is 21.7 Å². The third-order valence-corrected chi connectivity index (χ3v) is 6.60. The lowest BCUT2D eigenvalue weighted by atomic mass is 10.1. The zero-order valence-corrected chi connectivity index (χ0v) is 21.6. The molecule has 0 saturated carbocycles. The van der Waals surface area contributed by atoms with E-state index in [4.69, 9.17) is 5.73 Å². The zero-order valence-electron chi connectivity index (χ0n) is 21.6. The summed E-state index contributed by atoms with van der Waals surface area (Å²) in [5, 5.41) is 7.97. The Kier molecular flexibility index (Phi) is 7.93. The molecule has 0 spiro atoms. The molecular formula is C27H27F3N6O4. The summed E-state index contributed by atoms with van der Waals surface area (Å²) < 4.78 is 40.7. The molecule has 2 aromatic carbocycles. The molecule has 0 fully saturated rings. The maximum absolute atomic E-state index is 13.6. The summed E-state index contributed by atoms with van der Waals surface area (Å²) in [5.41, 5.74) is 4.59. The predicted octanol–water partition coefficient (Wildman–Crippen LogP) is 2.95. The quantitative estimate of drug-likeness (QED) is 0.335. The van der Waals surface area contributed by atoms with Gasteiger partial charge in [-0.1, -0.05) is 31.2 Å². The molecule has 1 aliphatic rings. The molecule has 0 bridgehead atoms. The van der Waals surface area contributed by atoms with Gasteiger partial charge in [0.2, 0.25) is 11.8 Å². The number of anilines is 2. The maximum atomic E-state index is 13.6. The highest BCUT2D eigenvalue weighted by Crippen LogP contribution is 2.34. The number of nitrogens with two attached hydrogens (primary N) is 1. The standard InChI is InChI=1S/C27H27F3N6O4/c1-14-10-20(23(31)38)36-24(14)35-19(12-21(37)34-18-9-4-3-8-17(18)25(39)32-2)22(26(36)40)33-13-15-6-5-7-16(11-15)27(28,29)30/h3-9,11,14,20,33H,10,12-13H2,1-2H3,(H2,31,38)(H,32,39)(H,34,37). The van der Waals surface area contributed by atoms with Crippen molar-refractivity contribution in [3.05, 3.63) is 87.1 Å². The van der Waals surface area contributed by atoms with Gasteiger partial charge in [-0.05, 0) is 36.2 Å². The summed E-state index contributed by atoms with van der Waals surface area (Å²) in [6.45, 7) is 1.57. The first-order chi connectivity index (χ1) is 18.9. The molecule has 40 heavy (non-hydrogen) atoms. The molecule has 3 amide bonds. The molecule has 4 rings (SSSR count). The maximum Gasteiger partial charge on any atom is 0.416 e. The van der Waals surface area contributed by atoms with Crippen molar-refractivity contribution in [1.29, 1.82) is 0 Å². The van der Waals surface area contributed by atoms with Crippen molar-refractivity contribution in [3.8, 4) is 0 Å². The molecule has 0 saturated heterocycles. The second-order valence-corrected chi connectivity index (χ2v) is 9.42. The number of aromatic nitrogens is 2. The van der Waals surface area contributed by atoms with E-state index < -0.39 is 47.5 Å². The number of halogens is 3. The Morgan fingerprint density at radius 1 is 1.12 bits per heavy atom. The van der Waals surface area contributed by atoms with Gasteiger partial charge in [0.15, 0.2) is 0 Å². The van der Waals surface area contributed by atoms with Crippen molar-refractivity contribution in [3.63, 3.8) is 0 Å². The fourth-order valence-corrected chi connectivity index (χ4v) is 4.66. The lowest BCUT2D eigenvalue weighted by Gasteiger charge is -2.17. The van der Waals surface area contributed by atoms with E-state index in [2.05, 4.69) is 20.9 Å². The van der Waals surface area contributed by atoms with E-state index >= 15 is 0 Å². The first kappa shape index (κ1) is 28.3. The molecule has 1 aliphatic heterocycles. The smallest absolute Gasteiger partial charge is 0.375 e. The van der Waals surface area contributed by atoms with Gasteiger partial charge in [-0.15, -0.1) is 0 Å². The number of primary amides is 1. The van der Waals surface area contributed by atoms with Crippen LogP contribution in [0.25, 0.3) is 0 Å². The van der Waals surface area contributed by atoms with Crippen LogP contribution in [0.5, 0.6) is 0 Å². The minimum Gasteiger partial charge on any atom is -0.375 e. The molecule has 210 valence electrons. The molecule has 0 aliphatic carbocycles. The Labute approximate surface area is 226 Å². The molecule has 2 heterocycles. The third kappa shape index (κ3) is 5.82. The number of rotatable bonds is 8. The number of alkyl halides is 3. The van der Waals surface area contributed by atoms with Crippen molar-refractivity contribution in [2.75, 3.05) is 17.7 Å². The predicted molar refractivity (Wildman–Crippen MR) is 141 cm³/mol. The summed E-state index contributed by atoms with van der Waals surface area (Å²) in [5.74, 6) is -1.79. The topological polar surface area (TPSA) is 148 Å². The van der Waals surface area contributed by atoms with Gasteiger partial charge in [0, 0.05) is 19.5 Å². The Morgan fingerprint density at radius 3 is 2.52 bits per heavy atom. The first-order valence-electron chi connectivity index (χ1n) is 12.4. The number of hydrogen-bond acceptors (Lipinski definition) is 6. The van der Waals surface area contributed by atoms with Crippen molar-refractivity contribution >= 4 is 29.1 Å². The number of nitrogens with zero attached hydrogens (tertiary/aromatic N) is 2. The van der Waals surface area contributed by atoms with Crippen LogP contribution in [0, 0.1) is 0 Å². The number of carbonyl (C=O) groups excluding carboxylic acids is 3. The number of amides is 3. The van der Waals surface area contributed by atoms with Gasteiger partial charge in [0.25, 0.3) is 11.5 Å². The summed E-state index contributed by atoms with van der Waals surface area (Å²) in [6, 6.07) is 9.96. The van der Waals surface area contributed by atoms with Gasteiger partial charge in [-0.25, -0.2) is 4.98 Å². The van der Waals surface area contributed by atoms with E-state index in [0.29, 0.717) is 0 Å². The van der Waals surface area contributed by atoms with Gasteiger partial charge in [-0.2, -0.15) is 13.2 Å². The van der Waals surface area contributed by atoms with Crippen LogP contribution in [-0.4, -0.2) is 34.3 Å². The normalized spacial score (nSPS) is 16.2. The fraction of sp³-hybridized carbons (Fsp3) is 0.296. The highest BCUT2D eigenvalue weighted by atomic mass is 19.4. The van der Waals surface area contributed by atoms with Crippen LogP contribution in [-0.2, 0) is 28.7 Å². The van der Waals surface area contributed by atoms with Crippen molar-refractivity contribution in [2.45, 2.75) is 44.4 Å². The van der Waals surface area contributed by atoms with Crippen molar-refractivity contribution in [1.82, 2.24) is 14.9 Å². The van der Waals surface area contributed by atoms with Gasteiger partial charge in [-0.3, -0.25) is 23.7 Å². The van der Waals surface area contributed by atoms with Crippen molar-refractivity contribution in [2.24, 2.45) is 5.73 Å². The number of para-hydroxylation sites is 1. The van der Waals surface area contributed by atoms with Gasteiger partial charge in [0.1, 0.15) is 17.6 Å². The molecule has 5 N–H and O–H groups in total. The molecule has 2 atom stereocenters. The van der Waals surface area contributed by atoms with E-state index in [9.17, 15) is 32.3 Å². The third-order valence-electron chi connectivity index (χ3n) is 6.60. The monoisotopic (exact) mass is 556 g/mol. The number of hydrogen-bond donors (Lipinski definition) is 4.